The first-order chi connectivity index (χ1) is 20.3. The van der Waals surface area contributed by atoms with Crippen LogP contribution < -0.4 is 4.74 Å². The molecule has 0 N–H and O–H groups in total. The molecule has 0 amide bonds. The first-order valence-electron chi connectivity index (χ1n) is 13.8. The number of rotatable bonds is 1. The van der Waals surface area contributed by atoms with Gasteiger partial charge in [0, 0.05) is 22.2 Å². The Morgan fingerprint density at radius 1 is 0.561 bits per heavy atom. The van der Waals surface area contributed by atoms with Crippen molar-refractivity contribution in [2.45, 2.75) is 5.41 Å². The Kier molecular flexibility index (Phi) is 4.33. The summed E-state index contributed by atoms with van der Waals surface area (Å²) in [4.78, 5) is 0. The van der Waals surface area contributed by atoms with E-state index in [1.807, 2.05) is 24.3 Å². The van der Waals surface area contributed by atoms with Gasteiger partial charge in [-0.1, -0.05) is 91.0 Å². The van der Waals surface area contributed by atoms with Gasteiger partial charge in [-0.15, -0.1) is 0 Å². The average Bonchev–Trinajstić information content (AvgIpc) is 3.53. The lowest BCUT2D eigenvalue weighted by atomic mass is 9.66. The van der Waals surface area contributed by atoms with Crippen LogP contribution in [-0.4, -0.2) is 4.57 Å². The molecule has 7 aromatic rings. The standard InChI is InChI=1S/C38H22N2O/c39-23-24-17-19-25(20-18-24)40-33-15-7-3-11-28(33)36-34(40)22-21-32-37(36)41-35-16-8-6-14-31(35)38(32)29-12-4-1-9-26(29)27-10-2-5-13-30(27)38/h1-22H. The Balaban J connectivity index is 1.45. The van der Waals surface area contributed by atoms with Gasteiger partial charge in [0.1, 0.15) is 11.5 Å². The lowest BCUT2D eigenvalue weighted by molar-refractivity contribution is 0.442. The molecule has 3 nitrogen and oxygen atoms in total. The summed E-state index contributed by atoms with van der Waals surface area (Å²) in [5, 5.41) is 11.6. The highest BCUT2D eigenvalue weighted by atomic mass is 16.5. The van der Waals surface area contributed by atoms with Crippen molar-refractivity contribution in [1.29, 1.82) is 5.26 Å². The van der Waals surface area contributed by atoms with E-state index in [1.165, 1.54) is 27.8 Å². The fourth-order valence-electron chi connectivity index (χ4n) is 7.33. The predicted octanol–water partition coefficient (Wildman–Crippen LogP) is 9.12. The fraction of sp³-hybridized carbons (Fsp3) is 0.0263. The Morgan fingerprint density at radius 3 is 1.93 bits per heavy atom. The first kappa shape index (κ1) is 22.2. The van der Waals surface area contributed by atoms with E-state index in [1.54, 1.807) is 0 Å². The first-order valence-corrected chi connectivity index (χ1v) is 13.8. The molecule has 1 aliphatic heterocycles. The van der Waals surface area contributed by atoms with Crippen molar-refractivity contribution in [2.75, 3.05) is 0 Å². The summed E-state index contributed by atoms with van der Waals surface area (Å²) < 4.78 is 9.22. The van der Waals surface area contributed by atoms with Gasteiger partial charge in [-0.3, -0.25) is 0 Å². The highest BCUT2D eigenvalue weighted by molar-refractivity contribution is 6.13. The summed E-state index contributed by atoms with van der Waals surface area (Å²) in [5.74, 6) is 1.78. The molecular weight excluding hydrogens is 500 g/mol. The molecule has 0 radical (unpaired) electrons. The van der Waals surface area contributed by atoms with Gasteiger partial charge in [0.15, 0.2) is 0 Å². The molecular formula is C38H22N2O. The summed E-state index contributed by atoms with van der Waals surface area (Å²) >= 11 is 0. The van der Waals surface area contributed by atoms with Crippen LogP contribution in [0.3, 0.4) is 0 Å². The van der Waals surface area contributed by atoms with E-state index in [9.17, 15) is 5.26 Å². The van der Waals surface area contributed by atoms with Crippen LogP contribution in [0.5, 0.6) is 11.5 Å². The van der Waals surface area contributed by atoms with Crippen LogP contribution >= 0.6 is 0 Å². The molecule has 1 aromatic heterocycles. The molecule has 1 aliphatic carbocycles. The van der Waals surface area contributed by atoms with E-state index in [0.29, 0.717) is 5.56 Å². The number of benzene rings is 6. The molecule has 190 valence electrons. The molecule has 0 fully saturated rings. The molecule has 0 bridgehead atoms. The number of fused-ring (bicyclic) bond motifs is 13. The molecule has 0 unspecified atom stereocenters. The van der Waals surface area contributed by atoms with Crippen molar-refractivity contribution >= 4 is 21.8 Å². The summed E-state index contributed by atoms with van der Waals surface area (Å²) in [6, 6.07) is 49.2. The number of nitrogens with zero attached hydrogens (tertiary/aromatic N) is 2. The number of aromatic nitrogens is 1. The van der Waals surface area contributed by atoms with Gasteiger partial charge < -0.3 is 9.30 Å². The van der Waals surface area contributed by atoms with Gasteiger partial charge in [0.25, 0.3) is 0 Å². The Morgan fingerprint density at radius 2 is 1.20 bits per heavy atom. The topological polar surface area (TPSA) is 38.0 Å². The van der Waals surface area contributed by atoms with E-state index < -0.39 is 5.41 Å². The zero-order chi connectivity index (χ0) is 27.1. The third-order valence-corrected chi connectivity index (χ3v) is 8.90. The summed E-state index contributed by atoms with van der Waals surface area (Å²) in [5.41, 5.74) is 10.8. The molecule has 6 aromatic carbocycles. The van der Waals surface area contributed by atoms with Gasteiger partial charge in [0.05, 0.1) is 33.5 Å². The molecule has 2 aliphatic rings. The highest BCUT2D eigenvalue weighted by Crippen LogP contribution is 2.63. The van der Waals surface area contributed by atoms with Gasteiger partial charge in [-0.25, -0.2) is 0 Å². The van der Waals surface area contributed by atoms with Crippen LogP contribution in [0.1, 0.15) is 27.8 Å². The van der Waals surface area contributed by atoms with Crippen molar-refractivity contribution in [3.8, 4) is 34.4 Å². The minimum atomic E-state index is -0.497. The number of hydrogen-bond donors (Lipinski definition) is 0. The van der Waals surface area contributed by atoms with E-state index in [0.717, 1.165) is 44.6 Å². The van der Waals surface area contributed by atoms with Crippen LogP contribution in [0.25, 0.3) is 38.6 Å². The second kappa shape index (κ2) is 7.97. The normalized spacial score (nSPS) is 13.7. The SMILES string of the molecule is N#Cc1ccc(-n2c3ccccc3c3c4c(ccc32)C2(c3ccccc3O4)c3ccccc3-c3ccccc32)cc1. The number of hydrogen-bond acceptors (Lipinski definition) is 2. The minimum absolute atomic E-state index is 0.497. The van der Waals surface area contributed by atoms with Crippen LogP contribution in [-0.2, 0) is 5.41 Å². The third-order valence-electron chi connectivity index (χ3n) is 8.90. The second-order valence-electron chi connectivity index (χ2n) is 10.8. The van der Waals surface area contributed by atoms with Gasteiger partial charge in [-0.05, 0) is 64.7 Å². The molecule has 1 spiro atoms. The number of para-hydroxylation sites is 2. The van der Waals surface area contributed by atoms with Crippen LogP contribution in [0.4, 0.5) is 0 Å². The summed E-state index contributed by atoms with van der Waals surface area (Å²) in [6.45, 7) is 0. The van der Waals surface area contributed by atoms with Crippen molar-refractivity contribution in [1.82, 2.24) is 4.57 Å². The van der Waals surface area contributed by atoms with Crippen LogP contribution in [0, 0.1) is 11.3 Å². The van der Waals surface area contributed by atoms with Crippen LogP contribution in [0.2, 0.25) is 0 Å². The lowest BCUT2D eigenvalue weighted by Gasteiger charge is -2.39. The minimum Gasteiger partial charge on any atom is -0.456 e. The zero-order valence-electron chi connectivity index (χ0n) is 22.0. The average molecular weight is 523 g/mol. The Hall–Kier alpha value is -5.59. The van der Waals surface area contributed by atoms with Crippen molar-refractivity contribution < 1.29 is 4.74 Å². The van der Waals surface area contributed by atoms with E-state index in [2.05, 4.69) is 120 Å². The molecule has 0 atom stereocenters. The number of nitriles is 1. The quantitative estimate of drug-likeness (QED) is 0.216. The Bertz CT molecular complexity index is 2200. The maximum atomic E-state index is 9.38. The summed E-state index contributed by atoms with van der Waals surface area (Å²) in [6.07, 6.45) is 0. The van der Waals surface area contributed by atoms with Crippen molar-refractivity contribution in [3.05, 3.63) is 161 Å². The monoisotopic (exact) mass is 522 g/mol. The molecule has 9 rings (SSSR count). The van der Waals surface area contributed by atoms with Crippen molar-refractivity contribution in [3.63, 3.8) is 0 Å². The van der Waals surface area contributed by atoms with Gasteiger partial charge >= 0.3 is 0 Å². The molecule has 3 heteroatoms. The zero-order valence-corrected chi connectivity index (χ0v) is 22.0. The van der Waals surface area contributed by atoms with E-state index >= 15 is 0 Å². The predicted molar refractivity (Wildman–Crippen MR) is 163 cm³/mol. The van der Waals surface area contributed by atoms with E-state index in [-0.39, 0.29) is 0 Å². The maximum absolute atomic E-state index is 9.38. The molecule has 2 heterocycles. The van der Waals surface area contributed by atoms with Crippen molar-refractivity contribution in [2.24, 2.45) is 0 Å². The molecule has 0 saturated carbocycles. The summed E-state index contributed by atoms with van der Waals surface area (Å²) in [7, 11) is 0. The van der Waals surface area contributed by atoms with Gasteiger partial charge in [-0.2, -0.15) is 5.26 Å². The molecule has 0 saturated heterocycles. The highest BCUT2D eigenvalue weighted by Gasteiger charge is 2.51. The van der Waals surface area contributed by atoms with Gasteiger partial charge in [0.2, 0.25) is 0 Å². The molecule has 41 heavy (non-hydrogen) atoms. The largest absolute Gasteiger partial charge is 0.456 e. The number of ether oxygens (including phenoxy) is 1. The maximum Gasteiger partial charge on any atom is 0.142 e. The van der Waals surface area contributed by atoms with E-state index in [4.69, 9.17) is 4.74 Å². The van der Waals surface area contributed by atoms with Crippen LogP contribution in [0.15, 0.2) is 133 Å². The third kappa shape index (κ3) is 2.71. The lowest BCUT2D eigenvalue weighted by Crippen LogP contribution is -2.32. The fourth-order valence-corrected chi connectivity index (χ4v) is 7.33. The second-order valence-corrected chi connectivity index (χ2v) is 10.8. The smallest absolute Gasteiger partial charge is 0.142 e. The Labute approximate surface area is 237 Å².